The Hall–Kier alpha value is -2.43. The van der Waals surface area contributed by atoms with Gasteiger partial charge in [0.25, 0.3) is 0 Å². The molecular formula is C12H10N4O. The van der Waals surface area contributed by atoms with Gasteiger partial charge in [0.1, 0.15) is 0 Å². The summed E-state index contributed by atoms with van der Waals surface area (Å²) < 4.78 is 6.90. The minimum absolute atomic E-state index is 0.662. The quantitative estimate of drug-likeness (QED) is 0.668. The summed E-state index contributed by atoms with van der Waals surface area (Å²) in [6.45, 7) is 0. The van der Waals surface area contributed by atoms with Crippen molar-refractivity contribution in [2.24, 2.45) is 0 Å². The van der Waals surface area contributed by atoms with Crippen molar-refractivity contribution in [3.63, 3.8) is 0 Å². The van der Waals surface area contributed by atoms with Crippen molar-refractivity contribution in [3.8, 4) is 17.3 Å². The van der Waals surface area contributed by atoms with Gasteiger partial charge < -0.3 is 4.74 Å². The minimum Gasteiger partial charge on any atom is -0.481 e. The number of fused-ring (bicyclic) bond motifs is 1. The molecule has 0 spiro atoms. The summed E-state index contributed by atoms with van der Waals surface area (Å²) in [6, 6.07) is 9.37. The number of nitrogens with zero attached hydrogens (tertiary/aromatic N) is 4. The fourth-order valence-electron chi connectivity index (χ4n) is 1.66. The molecule has 0 radical (unpaired) electrons. The van der Waals surface area contributed by atoms with Crippen molar-refractivity contribution >= 4 is 5.65 Å². The lowest BCUT2D eigenvalue weighted by atomic mass is 10.3. The molecule has 0 amide bonds. The fraction of sp³-hybridized carbons (Fsp3) is 0.0833. The normalized spacial score (nSPS) is 10.6. The Labute approximate surface area is 97.7 Å². The Morgan fingerprint density at radius 2 is 1.94 bits per heavy atom. The Morgan fingerprint density at radius 3 is 2.71 bits per heavy atom. The Bertz CT molecular complexity index is 648. The minimum atomic E-state index is 0.662. The standard InChI is InChI=1S/C12H10N4O/c1-17-11-4-2-3-10-14-12(15-16(10)11)9-5-7-13-8-6-9/h2-8H,1H3. The zero-order chi connectivity index (χ0) is 11.7. The maximum Gasteiger partial charge on any atom is 0.216 e. The summed E-state index contributed by atoms with van der Waals surface area (Å²) in [5.74, 6) is 1.33. The second kappa shape index (κ2) is 3.86. The van der Waals surface area contributed by atoms with Crippen molar-refractivity contribution in [3.05, 3.63) is 42.7 Å². The van der Waals surface area contributed by atoms with Gasteiger partial charge in [-0.25, -0.2) is 4.98 Å². The molecule has 84 valence electrons. The number of pyridine rings is 2. The van der Waals surface area contributed by atoms with E-state index in [4.69, 9.17) is 4.74 Å². The summed E-state index contributed by atoms with van der Waals surface area (Å²) in [4.78, 5) is 8.41. The lowest BCUT2D eigenvalue weighted by molar-refractivity contribution is 0.386. The molecule has 5 heteroatoms. The molecule has 0 aromatic carbocycles. The van der Waals surface area contributed by atoms with Gasteiger partial charge in [0.15, 0.2) is 11.5 Å². The van der Waals surface area contributed by atoms with Gasteiger partial charge in [-0.05, 0) is 18.2 Å². The lowest BCUT2D eigenvalue weighted by Crippen LogP contribution is -1.94. The van der Waals surface area contributed by atoms with E-state index in [0.717, 1.165) is 11.2 Å². The smallest absolute Gasteiger partial charge is 0.216 e. The van der Waals surface area contributed by atoms with Gasteiger partial charge in [0.2, 0.25) is 5.88 Å². The van der Waals surface area contributed by atoms with E-state index in [-0.39, 0.29) is 0 Å². The Morgan fingerprint density at radius 1 is 1.12 bits per heavy atom. The Kier molecular flexibility index (Phi) is 2.22. The average Bonchev–Trinajstić information content (AvgIpc) is 2.83. The number of rotatable bonds is 2. The van der Waals surface area contributed by atoms with E-state index in [1.54, 1.807) is 24.0 Å². The van der Waals surface area contributed by atoms with Gasteiger partial charge in [-0.3, -0.25) is 4.98 Å². The summed E-state index contributed by atoms with van der Waals surface area (Å²) >= 11 is 0. The first-order valence-corrected chi connectivity index (χ1v) is 5.18. The summed E-state index contributed by atoms with van der Waals surface area (Å²) in [5, 5.41) is 4.41. The van der Waals surface area contributed by atoms with Gasteiger partial charge in [0.05, 0.1) is 7.11 Å². The van der Waals surface area contributed by atoms with Gasteiger partial charge in [-0.15, -0.1) is 5.10 Å². The van der Waals surface area contributed by atoms with E-state index in [1.165, 1.54) is 0 Å². The number of ether oxygens (including phenoxy) is 1. The van der Waals surface area contributed by atoms with E-state index >= 15 is 0 Å². The van der Waals surface area contributed by atoms with Crippen molar-refractivity contribution in [2.45, 2.75) is 0 Å². The molecule has 0 saturated heterocycles. The van der Waals surface area contributed by atoms with Gasteiger partial charge in [-0.1, -0.05) is 6.07 Å². The highest BCUT2D eigenvalue weighted by atomic mass is 16.5. The second-order valence-corrected chi connectivity index (χ2v) is 3.51. The summed E-state index contributed by atoms with van der Waals surface area (Å²) in [6.07, 6.45) is 3.44. The zero-order valence-corrected chi connectivity index (χ0v) is 9.24. The Balaban J connectivity index is 2.20. The van der Waals surface area contributed by atoms with Crippen molar-refractivity contribution in [2.75, 3.05) is 7.11 Å². The number of hydrogen-bond acceptors (Lipinski definition) is 4. The average molecular weight is 226 g/mol. The number of hydrogen-bond donors (Lipinski definition) is 0. The molecule has 5 nitrogen and oxygen atoms in total. The molecule has 3 aromatic rings. The van der Waals surface area contributed by atoms with E-state index in [9.17, 15) is 0 Å². The molecule has 0 bridgehead atoms. The highest BCUT2D eigenvalue weighted by molar-refractivity contribution is 5.57. The molecule has 0 atom stereocenters. The molecule has 17 heavy (non-hydrogen) atoms. The van der Waals surface area contributed by atoms with Crippen LogP contribution in [0.4, 0.5) is 0 Å². The molecule has 3 heterocycles. The molecule has 0 unspecified atom stereocenters. The first-order valence-electron chi connectivity index (χ1n) is 5.18. The molecule has 0 fully saturated rings. The van der Waals surface area contributed by atoms with Crippen LogP contribution in [0.15, 0.2) is 42.7 Å². The van der Waals surface area contributed by atoms with E-state index in [1.807, 2.05) is 30.3 Å². The van der Waals surface area contributed by atoms with Crippen LogP contribution in [0, 0.1) is 0 Å². The molecule has 0 aliphatic carbocycles. The summed E-state index contributed by atoms with van der Waals surface area (Å²) in [7, 11) is 1.61. The molecule has 0 aliphatic rings. The van der Waals surface area contributed by atoms with Crippen LogP contribution in [-0.2, 0) is 0 Å². The number of aromatic nitrogens is 4. The third-order valence-electron chi connectivity index (χ3n) is 2.47. The van der Waals surface area contributed by atoms with Crippen LogP contribution in [0.2, 0.25) is 0 Å². The topological polar surface area (TPSA) is 52.3 Å². The maximum absolute atomic E-state index is 5.22. The van der Waals surface area contributed by atoms with E-state index < -0.39 is 0 Å². The SMILES string of the molecule is COc1cccc2nc(-c3ccncc3)nn12. The molecule has 3 aromatic heterocycles. The van der Waals surface area contributed by atoms with Gasteiger partial charge in [-0.2, -0.15) is 4.52 Å². The monoisotopic (exact) mass is 226 g/mol. The molecule has 3 rings (SSSR count). The molecule has 0 N–H and O–H groups in total. The molecular weight excluding hydrogens is 216 g/mol. The highest BCUT2D eigenvalue weighted by Crippen LogP contribution is 2.18. The molecule has 0 saturated carbocycles. The largest absolute Gasteiger partial charge is 0.481 e. The predicted molar refractivity (Wildman–Crippen MR) is 62.8 cm³/mol. The first kappa shape index (κ1) is 9.77. The molecule has 0 aliphatic heterocycles. The predicted octanol–water partition coefficient (Wildman–Crippen LogP) is 1.80. The third-order valence-corrected chi connectivity index (χ3v) is 2.47. The fourth-order valence-corrected chi connectivity index (χ4v) is 1.66. The highest BCUT2D eigenvalue weighted by Gasteiger charge is 2.08. The maximum atomic E-state index is 5.22. The van der Waals surface area contributed by atoms with Crippen LogP contribution in [-0.4, -0.2) is 26.7 Å². The van der Waals surface area contributed by atoms with Crippen molar-refractivity contribution in [1.82, 2.24) is 19.6 Å². The van der Waals surface area contributed by atoms with Crippen LogP contribution in [0.25, 0.3) is 17.0 Å². The van der Waals surface area contributed by atoms with Crippen LogP contribution in [0.3, 0.4) is 0 Å². The van der Waals surface area contributed by atoms with E-state index in [2.05, 4.69) is 15.1 Å². The zero-order valence-electron chi connectivity index (χ0n) is 9.24. The second-order valence-electron chi connectivity index (χ2n) is 3.51. The van der Waals surface area contributed by atoms with Crippen molar-refractivity contribution < 1.29 is 4.74 Å². The third kappa shape index (κ3) is 1.61. The van der Waals surface area contributed by atoms with Gasteiger partial charge in [0, 0.05) is 24.0 Å². The van der Waals surface area contributed by atoms with Crippen LogP contribution < -0.4 is 4.74 Å². The lowest BCUT2D eigenvalue weighted by Gasteiger charge is -1.99. The van der Waals surface area contributed by atoms with E-state index in [0.29, 0.717) is 11.7 Å². The van der Waals surface area contributed by atoms with Gasteiger partial charge >= 0.3 is 0 Å². The van der Waals surface area contributed by atoms with Crippen LogP contribution in [0.1, 0.15) is 0 Å². The summed E-state index contributed by atoms with van der Waals surface area (Å²) in [5.41, 5.74) is 1.70. The first-order chi connectivity index (χ1) is 8.38. The van der Waals surface area contributed by atoms with Crippen LogP contribution in [0.5, 0.6) is 5.88 Å². The van der Waals surface area contributed by atoms with Crippen molar-refractivity contribution in [1.29, 1.82) is 0 Å². The van der Waals surface area contributed by atoms with Crippen LogP contribution >= 0.6 is 0 Å². The number of methoxy groups -OCH3 is 1.